The van der Waals surface area contributed by atoms with Gasteiger partial charge in [0.15, 0.2) is 5.78 Å². The number of nitro benzene ring substituents is 1. The molecule has 0 amide bonds. The highest BCUT2D eigenvalue weighted by Crippen LogP contribution is 2.18. The van der Waals surface area contributed by atoms with Gasteiger partial charge in [-0.1, -0.05) is 36.4 Å². The normalized spacial score (nSPS) is 10.2. The van der Waals surface area contributed by atoms with Crippen LogP contribution in [0.25, 0.3) is 0 Å². The number of carbonyl (C=O) groups excluding carboxylic acids is 1. The van der Waals surface area contributed by atoms with E-state index in [0.29, 0.717) is 5.56 Å². The number of nitro groups is 1. The molecule has 0 aromatic heterocycles. The molecule has 0 aliphatic heterocycles. The summed E-state index contributed by atoms with van der Waals surface area (Å²) in [5, 5.41) is 10.6. The minimum Gasteiger partial charge on any atom is -0.294 e. The zero-order chi connectivity index (χ0) is 13.8. The molecule has 19 heavy (non-hydrogen) atoms. The van der Waals surface area contributed by atoms with E-state index in [1.165, 1.54) is 12.1 Å². The first-order chi connectivity index (χ1) is 9.08. The van der Waals surface area contributed by atoms with Crippen LogP contribution in [-0.2, 0) is 6.42 Å². The average Bonchev–Trinajstić information content (AvgIpc) is 2.41. The zero-order valence-corrected chi connectivity index (χ0v) is 10.5. The van der Waals surface area contributed by atoms with Crippen molar-refractivity contribution in [3.8, 4) is 0 Å². The second-order valence-corrected chi connectivity index (χ2v) is 4.33. The Morgan fingerprint density at radius 2 is 1.84 bits per heavy atom. The van der Waals surface area contributed by atoms with Crippen LogP contribution in [0.3, 0.4) is 0 Å². The Hall–Kier alpha value is -2.49. The molecule has 4 nitrogen and oxygen atoms in total. The van der Waals surface area contributed by atoms with Gasteiger partial charge in [-0.05, 0) is 18.1 Å². The second kappa shape index (κ2) is 5.44. The van der Waals surface area contributed by atoms with E-state index in [1.807, 2.05) is 18.2 Å². The van der Waals surface area contributed by atoms with Gasteiger partial charge in [-0.15, -0.1) is 0 Å². The maximum atomic E-state index is 12.1. The highest BCUT2D eigenvalue weighted by molar-refractivity contribution is 5.97. The number of rotatable bonds is 4. The number of hydrogen-bond acceptors (Lipinski definition) is 3. The summed E-state index contributed by atoms with van der Waals surface area (Å²) < 4.78 is 0. The number of hydrogen-bond donors (Lipinski definition) is 0. The molecule has 0 atom stereocenters. The number of nitrogens with zero attached hydrogens (tertiary/aromatic N) is 1. The molecule has 2 aromatic rings. The lowest BCUT2D eigenvalue weighted by molar-refractivity contribution is -0.384. The molecule has 0 saturated carbocycles. The number of carbonyl (C=O) groups is 1. The van der Waals surface area contributed by atoms with Gasteiger partial charge < -0.3 is 0 Å². The minimum atomic E-state index is -0.435. The third-order valence-corrected chi connectivity index (χ3v) is 2.98. The summed E-state index contributed by atoms with van der Waals surface area (Å²) >= 11 is 0. The van der Waals surface area contributed by atoms with Crippen molar-refractivity contribution in [1.29, 1.82) is 0 Å². The molecule has 0 aliphatic carbocycles. The monoisotopic (exact) mass is 255 g/mol. The van der Waals surface area contributed by atoms with Crippen LogP contribution < -0.4 is 0 Å². The van der Waals surface area contributed by atoms with Crippen molar-refractivity contribution in [3.63, 3.8) is 0 Å². The van der Waals surface area contributed by atoms with E-state index in [1.54, 1.807) is 25.1 Å². The Kier molecular flexibility index (Phi) is 3.71. The van der Waals surface area contributed by atoms with Gasteiger partial charge in [-0.3, -0.25) is 14.9 Å². The number of ketones is 1. The molecule has 0 aliphatic rings. The lowest BCUT2D eigenvalue weighted by atomic mass is 9.99. The van der Waals surface area contributed by atoms with Crippen LogP contribution in [0.5, 0.6) is 0 Å². The van der Waals surface area contributed by atoms with E-state index in [-0.39, 0.29) is 17.9 Å². The van der Waals surface area contributed by atoms with E-state index in [9.17, 15) is 14.9 Å². The topological polar surface area (TPSA) is 60.2 Å². The van der Waals surface area contributed by atoms with Crippen LogP contribution >= 0.6 is 0 Å². The van der Waals surface area contributed by atoms with E-state index in [4.69, 9.17) is 0 Å². The Morgan fingerprint density at radius 3 is 2.42 bits per heavy atom. The quantitative estimate of drug-likeness (QED) is 0.478. The molecule has 0 spiro atoms. The third-order valence-electron chi connectivity index (χ3n) is 2.98. The largest absolute Gasteiger partial charge is 0.294 e. The van der Waals surface area contributed by atoms with Crippen LogP contribution in [0.2, 0.25) is 0 Å². The molecule has 0 radical (unpaired) electrons. The van der Waals surface area contributed by atoms with E-state index in [2.05, 4.69) is 0 Å². The van der Waals surface area contributed by atoms with Crippen LogP contribution in [-0.4, -0.2) is 10.7 Å². The lowest BCUT2D eigenvalue weighted by Crippen LogP contribution is -2.05. The van der Waals surface area contributed by atoms with E-state index in [0.717, 1.165) is 11.1 Å². The number of Topliss-reactive ketones (excluding diaryl/α,β-unsaturated/α-hetero) is 1. The molecule has 0 unspecified atom stereocenters. The van der Waals surface area contributed by atoms with Crippen molar-refractivity contribution >= 4 is 11.5 Å². The first-order valence-corrected chi connectivity index (χ1v) is 5.90. The fourth-order valence-corrected chi connectivity index (χ4v) is 1.89. The molecular formula is C15H13NO3. The van der Waals surface area contributed by atoms with Crippen molar-refractivity contribution in [3.05, 3.63) is 75.3 Å². The van der Waals surface area contributed by atoms with Crippen LogP contribution in [0.15, 0.2) is 48.5 Å². The fraction of sp³-hybridized carbons (Fsp3) is 0.133. The van der Waals surface area contributed by atoms with Gasteiger partial charge in [0.2, 0.25) is 0 Å². The third kappa shape index (κ3) is 3.04. The molecule has 0 fully saturated rings. The first kappa shape index (κ1) is 13.0. The predicted octanol–water partition coefficient (Wildman–Crippen LogP) is 3.33. The van der Waals surface area contributed by atoms with Gasteiger partial charge >= 0.3 is 0 Å². The van der Waals surface area contributed by atoms with Gasteiger partial charge in [0, 0.05) is 24.1 Å². The summed E-state index contributed by atoms with van der Waals surface area (Å²) in [6, 6.07) is 13.6. The summed E-state index contributed by atoms with van der Waals surface area (Å²) in [6.07, 6.45) is 0.258. The van der Waals surface area contributed by atoms with Gasteiger partial charge in [0.05, 0.1) is 4.92 Å². The predicted molar refractivity (Wildman–Crippen MR) is 72.3 cm³/mol. The zero-order valence-electron chi connectivity index (χ0n) is 10.5. The summed E-state index contributed by atoms with van der Waals surface area (Å²) in [6.45, 7) is 1.78. The molecular weight excluding hydrogens is 242 g/mol. The Balaban J connectivity index is 2.20. The van der Waals surface area contributed by atoms with Crippen molar-refractivity contribution in [2.24, 2.45) is 0 Å². The van der Waals surface area contributed by atoms with Crippen LogP contribution in [0.1, 0.15) is 21.5 Å². The highest BCUT2D eigenvalue weighted by atomic mass is 16.6. The average molecular weight is 255 g/mol. The Bertz CT molecular complexity index is 621. The van der Waals surface area contributed by atoms with Crippen LogP contribution in [0, 0.1) is 17.0 Å². The molecule has 96 valence electrons. The Morgan fingerprint density at radius 1 is 1.16 bits per heavy atom. The van der Waals surface area contributed by atoms with Crippen molar-refractivity contribution in [2.45, 2.75) is 13.3 Å². The first-order valence-electron chi connectivity index (χ1n) is 5.90. The maximum Gasteiger partial charge on any atom is 0.269 e. The van der Waals surface area contributed by atoms with Gasteiger partial charge in [-0.2, -0.15) is 0 Å². The van der Waals surface area contributed by atoms with Gasteiger partial charge in [0.1, 0.15) is 0 Å². The molecule has 0 bridgehead atoms. The summed E-state index contributed by atoms with van der Waals surface area (Å²) in [5.41, 5.74) is 2.28. The number of non-ortho nitro benzene ring substituents is 1. The van der Waals surface area contributed by atoms with Crippen molar-refractivity contribution in [1.82, 2.24) is 0 Å². The lowest BCUT2D eigenvalue weighted by Gasteiger charge is -2.05. The second-order valence-electron chi connectivity index (χ2n) is 4.33. The molecule has 0 saturated heterocycles. The Labute approximate surface area is 110 Å². The SMILES string of the molecule is Cc1cc([N+](=O)[O-])ccc1CC(=O)c1ccccc1. The molecule has 0 heterocycles. The van der Waals surface area contributed by atoms with E-state index < -0.39 is 4.92 Å². The molecule has 0 N–H and O–H groups in total. The molecule has 2 rings (SSSR count). The summed E-state index contributed by atoms with van der Waals surface area (Å²) in [7, 11) is 0. The smallest absolute Gasteiger partial charge is 0.269 e. The molecule has 4 heteroatoms. The summed E-state index contributed by atoms with van der Waals surface area (Å²) in [5.74, 6) is 0.0116. The van der Waals surface area contributed by atoms with Crippen molar-refractivity contribution < 1.29 is 9.72 Å². The van der Waals surface area contributed by atoms with Crippen LogP contribution in [0.4, 0.5) is 5.69 Å². The number of aryl methyl sites for hydroxylation is 1. The van der Waals surface area contributed by atoms with E-state index >= 15 is 0 Å². The number of benzene rings is 2. The minimum absolute atomic E-state index is 0.0116. The van der Waals surface area contributed by atoms with Crippen molar-refractivity contribution in [2.75, 3.05) is 0 Å². The van der Waals surface area contributed by atoms with Gasteiger partial charge in [0.25, 0.3) is 5.69 Å². The summed E-state index contributed by atoms with van der Waals surface area (Å²) in [4.78, 5) is 22.3. The standard InChI is InChI=1S/C15H13NO3/c1-11-9-14(16(18)19)8-7-13(11)10-15(17)12-5-3-2-4-6-12/h2-9H,10H2,1H3. The fourth-order valence-electron chi connectivity index (χ4n) is 1.89. The molecule has 2 aromatic carbocycles. The van der Waals surface area contributed by atoms with Gasteiger partial charge in [-0.25, -0.2) is 0 Å². The maximum absolute atomic E-state index is 12.1. The highest BCUT2D eigenvalue weighted by Gasteiger charge is 2.11.